The third-order valence-electron chi connectivity index (χ3n) is 2.11. The largest absolute Gasteiger partial charge is 0.477 e. The zero-order valence-corrected chi connectivity index (χ0v) is 11.1. The molecule has 0 saturated heterocycles. The van der Waals surface area contributed by atoms with Crippen LogP contribution in [0.15, 0.2) is 6.07 Å². The van der Waals surface area contributed by atoms with Crippen molar-refractivity contribution in [3.05, 3.63) is 17.5 Å². The Balaban J connectivity index is 2.51. The van der Waals surface area contributed by atoms with Crippen LogP contribution in [0.25, 0.3) is 0 Å². The van der Waals surface area contributed by atoms with Crippen molar-refractivity contribution in [2.45, 2.75) is 6.92 Å². The van der Waals surface area contributed by atoms with Crippen LogP contribution in [0.2, 0.25) is 0 Å². The molecular weight excluding hydrogens is 256 g/mol. The van der Waals surface area contributed by atoms with Gasteiger partial charge in [-0.25, -0.2) is 4.79 Å². The number of aryl methyl sites for hydroxylation is 1. The van der Waals surface area contributed by atoms with Gasteiger partial charge in [0.1, 0.15) is 5.69 Å². The molecule has 7 heteroatoms. The first kappa shape index (κ1) is 14.6. The molecule has 0 aliphatic rings. The van der Waals surface area contributed by atoms with E-state index in [1.807, 2.05) is 0 Å². The number of ether oxygens (including phenoxy) is 1. The van der Waals surface area contributed by atoms with Gasteiger partial charge in [0.15, 0.2) is 0 Å². The Labute approximate surface area is 109 Å². The molecule has 0 atom stereocenters. The second-order valence-corrected chi connectivity index (χ2v) is 4.74. The van der Waals surface area contributed by atoms with E-state index in [2.05, 4.69) is 10.3 Å². The number of carbonyl (C=O) groups excluding carboxylic acids is 1. The van der Waals surface area contributed by atoms with Crippen LogP contribution in [0.5, 0.6) is 0 Å². The fourth-order valence-electron chi connectivity index (χ4n) is 1.35. The number of methoxy groups -OCH3 is 1. The van der Waals surface area contributed by atoms with E-state index in [0.29, 0.717) is 18.0 Å². The van der Waals surface area contributed by atoms with Crippen molar-refractivity contribution in [3.63, 3.8) is 0 Å². The molecule has 1 aromatic rings. The number of thioether (sulfide) groups is 1. The Morgan fingerprint density at radius 2 is 2.28 bits per heavy atom. The Morgan fingerprint density at radius 1 is 1.56 bits per heavy atom. The molecule has 0 fully saturated rings. The number of carboxylic acids is 1. The molecule has 100 valence electrons. The standard InChI is InChI=1S/C11H16N2O4S/c1-7-5-8(10(12-7)11(15)16)13-9(14)6-18-4-3-17-2/h5,12H,3-4,6H2,1-2H3,(H,13,14)(H,15,16). The number of carbonyl (C=O) groups is 2. The zero-order chi connectivity index (χ0) is 13.5. The van der Waals surface area contributed by atoms with Gasteiger partial charge in [-0.3, -0.25) is 4.79 Å². The van der Waals surface area contributed by atoms with E-state index in [1.165, 1.54) is 11.8 Å². The maximum atomic E-state index is 11.6. The minimum absolute atomic E-state index is 0.00254. The van der Waals surface area contributed by atoms with Crippen molar-refractivity contribution in [1.82, 2.24) is 4.98 Å². The molecule has 0 bridgehead atoms. The number of anilines is 1. The maximum Gasteiger partial charge on any atom is 0.354 e. The number of aromatic amines is 1. The fourth-order valence-corrected chi connectivity index (χ4v) is 2.04. The number of aromatic carboxylic acids is 1. The molecule has 0 aromatic carbocycles. The van der Waals surface area contributed by atoms with Gasteiger partial charge >= 0.3 is 5.97 Å². The number of H-pyrrole nitrogens is 1. The third-order valence-corrected chi connectivity index (χ3v) is 3.03. The van der Waals surface area contributed by atoms with E-state index in [9.17, 15) is 9.59 Å². The van der Waals surface area contributed by atoms with Crippen LogP contribution in [0.3, 0.4) is 0 Å². The van der Waals surface area contributed by atoms with Crippen LogP contribution in [0.4, 0.5) is 5.69 Å². The molecule has 0 aliphatic carbocycles. The summed E-state index contributed by atoms with van der Waals surface area (Å²) in [5.74, 6) is -0.322. The van der Waals surface area contributed by atoms with Gasteiger partial charge in [0, 0.05) is 18.6 Å². The van der Waals surface area contributed by atoms with E-state index >= 15 is 0 Å². The summed E-state index contributed by atoms with van der Waals surface area (Å²) in [5.41, 5.74) is 0.995. The Bertz CT molecular complexity index is 431. The SMILES string of the molecule is COCCSCC(=O)Nc1cc(C)[nH]c1C(=O)O. The van der Waals surface area contributed by atoms with E-state index in [1.54, 1.807) is 20.1 Å². The van der Waals surface area contributed by atoms with Crippen LogP contribution in [-0.2, 0) is 9.53 Å². The van der Waals surface area contributed by atoms with Crippen molar-refractivity contribution in [1.29, 1.82) is 0 Å². The van der Waals surface area contributed by atoms with Gasteiger partial charge in [-0.2, -0.15) is 0 Å². The van der Waals surface area contributed by atoms with Gasteiger partial charge < -0.3 is 20.1 Å². The second kappa shape index (κ2) is 7.07. The number of hydrogen-bond acceptors (Lipinski definition) is 4. The predicted octanol–water partition coefficient (Wildman–Crippen LogP) is 1.34. The van der Waals surface area contributed by atoms with E-state index in [4.69, 9.17) is 9.84 Å². The van der Waals surface area contributed by atoms with Crippen LogP contribution < -0.4 is 5.32 Å². The highest BCUT2D eigenvalue weighted by molar-refractivity contribution is 7.99. The molecule has 0 aliphatic heterocycles. The number of hydrogen-bond donors (Lipinski definition) is 3. The molecule has 0 saturated carbocycles. The molecule has 3 N–H and O–H groups in total. The first-order valence-corrected chi connectivity index (χ1v) is 6.49. The van der Waals surface area contributed by atoms with Crippen LogP contribution in [0, 0.1) is 6.92 Å². The van der Waals surface area contributed by atoms with Gasteiger partial charge in [0.2, 0.25) is 5.91 Å². The lowest BCUT2D eigenvalue weighted by Crippen LogP contribution is -2.16. The minimum atomic E-state index is -1.09. The molecular formula is C11H16N2O4S. The lowest BCUT2D eigenvalue weighted by molar-refractivity contribution is -0.113. The van der Waals surface area contributed by atoms with E-state index in [0.717, 1.165) is 5.75 Å². The highest BCUT2D eigenvalue weighted by Crippen LogP contribution is 2.17. The highest BCUT2D eigenvalue weighted by atomic mass is 32.2. The highest BCUT2D eigenvalue weighted by Gasteiger charge is 2.15. The van der Waals surface area contributed by atoms with Crippen LogP contribution >= 0.6 is 11.8 Å². The maximum absolute atomic E-state index is 11.6. The topological polar surface area (TPSA) is 91.4 Å². The summed E-state index contributed by atoms with van der Waals surface area (Å²) in [4.78, 5) is 25.2. The predicted molar refractivity (Wildman–Crippen MR) is 70.3 cm³/mol. The molecule has 0 unspecified atom stereocenters. The number of rotatable bonds is 7. The molecule has 0 radical (unpaired) electrons. The molecule has 18 heavy (non-hydrogen) atoms. The Hall–Kier alpha value is -1.47. The molecule has 1 rings (SSSR count). The normalized spacial score (nSPS) is 10.3. The molecule has 6 nitrogen and oxygen atoms in total. The summed E-state index contributed by atoms with van der Waals surface area (Å²) in [5, 5.41) is 11.5. The van der Waals surface area contributed by atoms with Gasteiger partial charge in [-0.1, -0.05) is 0 Å². The average molecular weight is 272 g/mol. The first-order chi connectivity index (χ1) is 8.54. The average Bonchev–Trinajstić information content (AvgIpc) is 2.66. The molecule has 1 aromatic heterocycles. The van der Waals surface area contributed by atoms with Gasteiger partial charge in [-0.05, 0) is 13.0 Å². The van der Waals surface area contributed by atoms with Gasteiger partial charge in [0.05, 0.1) is 18.0 Å². The molecule has 0 spiro atoms. The number of nitrogens with one attached hydrogen (secondary N) is 2. The lowest BCUT2D eigenvalue weighted by Gasteiger charge is -2.04. The van der Waals surface area contributed by atoms with Crippen molar-refractivity contribution >= 4 is 29.3 Å². The molecule has 1 heterocycles. The quantitative estimate of drug-likeness (QED) is 0.651. The number of carboxylic acid groups (broad SMARTS) is 1. The summed E-state index contributed by atoms with van der Waals surface area (Å²) in [6, 6.07) is 1.60. The molecule has 1 amide bonds. The minimum Gasteiger partial charge on any atom is -0.477 e. The fraction of sp³-hybridized carbons (Fsp3) is 0.455. The monoisotopic (exact) mass is 272 g/mol. The number of amides is 1. The van der Waals surface area contributed by atoms with Crippen molar-refractivity contribution in [2.24, 2.45) is 0 Å². The van der Waals surface area contributed by atoms with E-state index < -0.39 is 5.97 Å². The first-order valence-electron chi connectivity index (χ1n) is 5.34. The van der Waals surface area contributed by atoms with Crippen molar-refractivity contribution in [3.8, 4) is 0 Å². The van der Waals surface area contributed by atoms with Gasteiger partial charge in [0.25, 0.3) is 0 Å². The van der Waals surface area contributed by atoms with E-state index in [-0.39, 0.29) is 17.4 Å². The Morgan fingerprint density at radius 3 is 2.89 bits per heavy atom. The smallest absolute Gasteiger partial charge is 0.354 e. The summed E-state index contributed by atoms with van der Waals surface area (Å²) in [7, 11) is 1.60. The van der Waals surface area contributed by atoms with Crippen molar-refractivity contribution < 1.29 is 19.4 Å². The number of aromatic nitrogens is 1. The van der Waals surface area contributed by atoms with Crippen LogP contribution in [-0.4, -0.2) is 47.2 Å². The summed E-state index contributed by atoms with van der Waals surface area (Å²) in [6.07, 6.45) is 0. The second-order valence-electron chi connectivity index (χ2n) is 3.64. The summed E-state index contributed by atoms with van der Waals surface area (Å²) >= 11 is 1.43. The lowest BCUT2D eigenvalue weighted by atomic mass is 10.3. The third kappa shape index (κ3) is 4.42. The summed E-state index contributed by atoms with van der Waals surface area (Å²) < 4.78 is 4.86. The Kier molecular flexibility index (Phi) is 5.73. The van der Waals surface area contributed by atoms with Crippen molar-refractivity contribution in [2.75, 3.05) is 30.5 Å². The zero-order valence-electron chi connectivity index (χ0n) is 10.3. The van der Waals surface area contributed by atoms with Crippen LogP contribution in [0.1, 0.15) is 16.2 Å². The van der Waals surface area contributed by atoms with Gasteiger partial charge in [-0.15, -0.1) is 11.8 Å². The summed E-state index contributed by atoms with van der Waals surface area (Å²) in [6.45, 7) is 2.32.